The van der Waals surface area contributed by atoms with Gasteiger partial charge in [0, 0.05) is 37.1 Å². The monoisotopic (exact) mass is 398 g/mol. The molecule has 4 unspecified atom stereocenters. The number of thioether (sulfide) groups is 1. The van der Waals surface area contributed by atoms with Gasteiger partial charge in [0.2, 0.25) is 0 Å². The molecule has 146 valence electrons. The Hall–Kier alpha value is -0.600. The first kappa shape index (κ1) is 20.1. The third-order valence-corrected chi connectivity index (χ3v) is 7.89. The maximum Gasteiger partial charge on any atom is 0.175 e. The Labute approximate surface area is 161 Å². The van der Waals surface area contributed by atoms with E-state index in [1.54, 1.807) is 19.2 Å². The first-order valence-electron chi connectivity index (χ1n) is 9.37. The summed E-state index contributed by atoms with van der Waals surface area (Å²) in [6.07, 6.45) is 6.22. The minimum atomic E-state index is -3.15. The normalized spacial score (nSPS) is 29.8. The second-order valence-electron chi connectivity index (χ2n) is 7.37. The Morgan fingerprint density at radius 3 is 2.62 bits per heavy atom. The van der Waals surface area contributed by atoms with Crippen molar-refractivity contribution < 1.29 is 13.2 Å². The van der Waals surface area contributed by atoms with E-state index in [1.807, 2.05) is 12.1 Å². The second-order valence-corrected chi connectivity index (χ2v) is 10.8. The van der Waals surface area contributed by atoms with Crippen LogP contribution in [0.1, 0.15) is 37.3 Å². The number of hydrogen-bond donors (Lipinski definition) is 2. The molecule has 2 aliphatic rings. The van der Waals surface area contributed by atoms with Crippen LogP contribution in [0.3, 0.4) is 0 Å². The highest BCUT2D eigenvalue weighted by molar-refractivity contribution is 8.00. The molecule has 7 heteroatoms. The Morgan fingerprint density at radius 1 is 1.23 bits per heavy atom. The molecule has 2 N–H and O–H groups in total. The van der Waals surface area contributed by atoms with Gasteiger partial charge in [0.15, 0.2) is 9.84 Å². The maximum atomic E-state index is 11.7. The fourth-order valence-corrected chi connectivity index (χ4v) is 5.72. The summed E-state index contributed by atoms with van der Waals surface area (Å²) in [6, 6.07) is 7.55. The molecule has 0 bridgehead atoms. The number of hydrogen-bond acceptors (Lipinski definition) is 6. The predicted molar refractivity (Wildman–Crippen MR) is 107 cm³/mol. The Morgan fingerprint density at radius 2 is 2.00 bits per heavy atom. The lowest BCUT2D eigenvalue weighted by Crippen LogP contribution is -2.54. The van der Waals surface area contributed by atoms with Gasteiger partial charge >= 0.3 is 0 Å². The summed E-state index contributed by atoms with van der Waals surface area (Å²) >= 11 is 2.07. The third-order valence-electron chi connectivity index (χ3n) is 5.36. The van der Waals surface area contributed by atoms with Crippen molar-refractivity contribution in [1.29, 1.82) is 0 Å². The summed E-state index contributed by atoms with van der Waals surface area (Å²) in [4.78, 5) is 0.377. The lowest BCUT2D eigenvalue weighted by molar-refractivity contribution is 0.0880. The Balaban J connectivity index is 1.65. The molecule has 2 aliphatic heterocycles. The van der Waals surface area contributed by atoms with Crippen LogP contribution < -0.4 is 10.6 Å². The second kappa shape index (κ2) is 9.06. The SMILES string of the molecule is COCC1CCC(c2ccc(S(C)(=O)=O)cc2)NC1NCC1CCCS1. The topological polar surface area (TPSA) is 67.4 Å². The van der Waals surface area contributed by atoms with E-state index in [1.165, 1.54) is 24.9 Å². The van der Waals surface area contributed by atoms with Gasteiger partial charge in [-0.2, -0.15) is 11.8 Å². The van der Waals surface area contributed by atoms with E-state index in [2.05, 4.69) is 22.4 Å². The van der Waals surface area contributed by atoms with Crippen LogP contribution in [-0.4, -0.2) is 52.1 Å². The maximum absolute atomic E-state index is 11.7. The summed E-state index contributed by atoms with van der Waals surface area (Å²) in [6.45, 7) is 1.78. The van der Waals surface area contributed by atoms with Gasteiger partial charge in [0.1, 0.15) is 0 Å². The molecule has 0 aliphatic carbocycles. The zero-order valence-corrected chi connectivity index (χ0v) is 17.2. The molecule has 5 nitrogen and oxygen atoms in total. The molecule has 0 amide bonds. The lowest BCUT2D eigenvalue weighted by Gasteiger charge is -2.38. The van der Waals surface area contributed by atoms with Crippen LogP contribution in [0.4, 0.5) is 0 Å². The zero-order valence-electron chi connectivity index (χ0n) is 15.6. The first-order chi connectivity index (χ1) is 12.5. The van der Waals surface area contributed by atoms with Crippen LogP contribution in [0.15, 0.2) is 29.2 Å². The van der Waals surface area contributed by atoms with Crippen molar-refractivity contribution in [3.8, 4) is 0 Å². The van der Waals surface area contributed by atoms with Gasteiger partial charge in [-0.15, -0.1) is 0 Å². The summed E-state index contributed by atoms with van der Waals surface area (Å²) in [7, 11) is -1.38. The van der Waals surface area contributed by atoms with Crippen LogP contribution in [-0.2, 0) is 14.6 Å². The van der Waals surface area contributed by atoms with Crippen molar-refractivity contribution in [2.45, 2.75) is 48.0 Å². The van der Waals surface area contributed by atoms with E-state index in [0.717, 1.165) is 36.8 Å². The minimum Gasteiger partial charge on any atom is -0.384 e. The summed E-state index contributed by atoms with van der Waals surface area (Å²) in [5.74, 6) is 1.74. The van der Waals surface area contributed by atoms with Gasteiger partial charge in [-0.05, 0) is 49.1 Å². The van der Waals surface area contributed by atoms with Crippen molar-refractivity contribution in [3.05, 3.63) is 29.8 Å². The van der Waals surface area contributed by atoms with Gasteiger partial charge in [-0.25, -0.2) is 8.42 Å². The van der Waals surface area contributed by atoms with Crippen molar-refractivity contribution in [2.24, 2.45) is 5.92 Å². The highest BCUT2D eigenvalue weighted by Gasteiger charge is 2.31. The number of methoxy groups -OCH3 is 1. The highest BCUT2D eigenvalue weighted by Crippen LogP contribution is 2.30. The summed E-state index contributed by atoms with van der Waals surface area (Å²) < 4.78 is 28.7. The number of nitrogens with one attached hydrogen (secondary N) is 2. The van der Waals surface area contributed by atoms with Crippen molar-refractivity contribution >= 4 is 21.6 Å². The summed E-state index contributed by atoms with van der Waals surface area (Å²) in [5, 5.41) is 8.18. The van der Waals surface area contributed by atoms with Crippen LogP contribution in [0.25, 0.3) is 0 Å². The summed E-state index contributed by atoms with van der Waals surface area (Å²) in [5.41, 5.74) is 1.15. The third kappa shape index (κ3) is 5.23. The van der Waals surface area contributed by atoms with Crippen LogP contribution in [0, 0.1) is 5.92 Å². The molecular formula is C19H30N2O3S2. The van der Waals surface area contributed by atoms with Crippen LogP contribution in [0.5, 0.6) is 0 Å². The van der Waals surface area contributed by atoms with E-state index in [4.69, 9.17) is 4.74 Å². The molecule has 0 spiro atoms. The molecule has 2 heterocycles. The molecule has 3 rings (SSSR count). The number of rotatable bonds is 7. The highest BCUT2D eigenvalue weighted by atomic mass is 32.2. The predicted octanol–water partition coefficient (Wildman–Crippen LogP) is 2.59. The van der Waals surface area contributed by atoms with Gasteiger partial charge in [-0.1, -0.05) is 12.1 Å². The van der Waals surface area contributed by atoms with Gasteiger partial charge in [0.05, 0.1) is 17.7 Å². The van der Waals surface area contributed by atoms with E-state index < -0.39 is 9.84 Å². The molecule has 4 atom stereocenters. The fourth-order valence-electron chi connectivity index (χ4n) is 3.88. The zero-order chi connectivity index (χ0) is 18.6. The Kier molecular flexibility index (Phi) is 7.02. The average Bonchev–Trinajstić information content (AvgIpc) is 3.14. The van der Waals surface area contributed by atoms with Crippen LogP contribution in [0.2, 0.25) is 0 Å². The smallest absolute Gasteiger partial charge is 0.175 e. The quantitative estimate of drug-likeness (QED) is 0.736. The van der Waals surface area contributed by atoms with Gasteiger partial charge in [-0.3, -0.25) is 5.32 Å². The molecule has 2 saturated heterocycles. The number of sulfone groups is 1. The van der Waals surface area contributed by atoms with Crippen molar-refractivity contribution in [2.75, 3.05) is 32.3 Å². The van der Waals surface area contributed by atoms with E-state index in [-0.39, 0.29) is 12.2 Å². The fraction of sp³-hybridized carbons (Fsp3) is 0.684. The van der Waals surface area contributed by atoms with Crippen molar-refractivity contribution in [3.63, 3.8) is 0 Å². The molecule has 2 fully saturated rings. The minimum absolute atomic E-state index is 0.226. The van der Waals surface area contributed by atoms with Crippen LogP contribution >= 0.6 is 11.8 Å². The average molecular weight is 399 g/mol. The van der Waals surface area contributed by atoms with E-state index >= 15 is 0 Å². The Bertz CT molecular complexity index is 673. The molecule has 26 heavy (non-hydrogen) atoms. The van der Waals surface area contributed by atoms with E-state index in [9.17, 15) is 8.42 Å². The molecule has 0 aromatic heterocycles. The first-order valence-corrected chi connectivity index (χ1v) is 12.3. The largest absolute Gasteiger partial charge is 0.384 e. The number of ether oxygens (including phenoxy) is 1. The standard InChI is InChI=1S/C19H30N2O3S2/c1-24-13-15-7-10-18(14-5-8-17(9-6-14)26(2,22)23)21-19(15)20-12-16-4-3-11-25-16/h5-6,8-9,15-16,18-21H,3-4,7,10-13H2,1-2H3. The molecular weight excluding hydrogens is 368 g/mol. The molecule has 0 radical (unpaired) electrons. The number of benzene rings is 1. The molecule has 1 aromatic carbocycles. The van der Waals surface area contributed by atoms with Crippen molar-refractivity contribution in [1.82, 2.24) is 10.6 Å². The lowest BCUT2D eigenvalue weighted by atomic mass is 9.88. The van der Waals surface area contributed by atoms with E-state index in [0.29, 0.717) is 10.8 Å². The molecule has 0 saturated carbocycles. The van der Waals surface area contributed by atoms with Gasteiger partial charge in [0.25, 0.3) is 0 Å². The number of piperidine rings is 1. The molecule has 1 aromatic rings. The van der Waals surface area contributed by atoms with Gasteiger partial charge < -0.3 is 10.1 Å².